The Bertz CT molecular complexity index is 882. The number of hydrogen-bond acceptors (Lipinski definition) is 3. The molecule has 112 valence electrons. The molecule has 0 radical (unpaired) electrons. The molecule has 0 N–H and O–H groups in total. The molecule has 22 heavy (non-hydrogen) atoms. The van der Waals surface area contributed by atoms with E-state index in [0.29, 0.717) is 6.54 Å². The first-order valence-electron chi connectivity index (χ1n) is 6.91. The number of hydrogen-bond donors (Lipinski definition) is 0. The summed E-state index contributed by atoms with van der Waals surface area (Å²) < 4.78 is 1.67. The summed E-state index contributed by atoms with van der Waals surface area (Å²) in [6, 6.07) is 9.44. The molecule has 3 aromatic rings. The van der Waals surface area contributed by atoms with Gasteiger partial charge < -0.3 is 4.57 Å². The van der Waals surface area contributed by atoms with Crippen LogP contribution in [0.5, 0.6) is 0 Å². The number of halogens is 1. The van der Waals surface area contributed by atoms with Gasteiger partial charge in [0.15, 0.2) is 0 Å². The van der Waals surface area contributed by atoms with Gasteiger partial charge >= 0.3 is 0 Å². The molecule has 3 nitrogen and oxygen atoms in total. The Kier molecular flexibility index (Phi) is 4.14. The van der Waals surface area contributed by atoms with Gasteiger partial charge in [-0.25, -0.2) is 4.98 Å². The van der Waals surface area contributed by atoms with Crippen LogP contribution >= 0.6 is 22.9 Å². The summed E-state index contributed by atoms with van der Waals surface area (Å²) in [6.45, 7) is 4.39. The molecule has 0 unspecified atom stereocenters. The van der Waals surface area contributed by atoms with Gasteiger partial charge in [0.05, 0.1) is 12.2 Å². The van der Waals surface area contributed by atoms with Crippen molar-refractivity contribution in [1.82, 2.24) is 9.55 Å². The first kappa shape index (κ1) is 15.0. The highest BCUT2D eigenvalue weighted by molar-refractivity contribution is 7.09. The van der Waals surface area contributed by atoms with Crippen LogP contribution in [0.15, 0.2) is 46.7 Å². The summed E-state index contributed by atoms with van der Waals surface area (Å²) in [4.78, 5) is 16.6. The molecule has 0 aliphatic rings. The Balaban J connectivity index is 1.87. The number of aromatic nitrogens is 2. The van der Waals surface area contributed by atoms with Crippen LogP contribution in [-0.4, -0.2) is 9.55 Å². The van der Waals surface area contributed by atoms with Gasteiger partial charge in [-0.15, -0.1) is 11.3 Å². The van der Waals surface area contributed by atoms with Crippen molar-refractivity contribution >= 4 is 22.9 Å². The largest absolute Gasteiger partial charge is 0.309 e. The minimum Gasteiger partial charge on any atom is -0.309 e. The fourth-order valence-corrected chi connectivity index (χ4v) is 3.12. The molecule has 0 saturated carbocycles. The number of rotatable bonds is 3. The molecule has 0 bridgehead atoms. The SMILES string of the molecule is Cc1ccn(Cc2nc(-c3ccc(Cl)c(C)c3)cs2)c(=O)c1. The molecule has 5 heteroatoms. The minimum absolute atomic E-state index is 0.000845. The summed E-state index contributed by atoms with van der Waals surface area (Å²) in [5.74, 6) is 0. The van der Waals surface area contributed by atoms with Gasteiger partial charge in [0.25, 0.3) is 5.56 Å². The third-order valence-electron chi connectivity index (χ3n) is 3.46. The van der Waals surface area contributed by atoms with E-state index in [1.54, 1.807) is 22.0 Å². The van der Waals surface area contributed by atoms with Gasteiger partial charge in [-0.3, -0.25) is 4.79 Å². The zero-order valence-corrected chi connectivity index (χ0v) is 13.9. The number of thiazole rings is 1. The van der Waals surface area contributed by atoms with Crippen molar-refractivity contribution in [3.63, 3.8) is 0 Å². The highest BCUT2D eigenvalue weighted by atomic mass is 35.5. The number of aryl methyl sites for hydroxylation is 2. The normalized spacial score (nSPS) is 10.9. The van der Waals surface area contributed by atoms with Crippen LogP contribution in [0.1, 0.15) is 16.1 Å². The molecule has 0 spiro atoms. The average Bonchev–Trinajstić information content (AvgIpc) is 2.93. The molecule has 0 amide bonds. The lowest BCUT2D eigenvalue weighted by molar-refractivity contribution is 0.752. The average molecular weight is 331 g/mol. The third kappa shape index (κ3) is 3.13. The van der Waals surface area contributed by atoms with E-state index in [4.69, 9.17) is 11.6 Å². The van der Waals surface area contributed by atoms with Gasteiger partial charge in [0.1, 0.15) is 5.01 Å². The highest BCUT2D eigenvalue weighted by Crippen LogP contribution is 2.26. The van der Waals surface area contributed by atoms with Gasteiger partial charge in [-0.05, 0) is 43.2 Å². The molecule has 2 aromatic heterocycles. The van der Waals surface area contributed by atoms with Crippen LogP contribution < -0.4 is 5.56 Å². The fourth-order valence-electron chi connectivity index (χ4n) is 2.20. The van der Waals surface area contributed by atoms with Crippen LogP contribution in [-0.2, 0) is 6.54 Å². The zero-order chi connectivity index (χ0) is 15.7. The molecule has 0 aliphatic carbocycles. The smallest absolute Gasteiger partial charge is 0.251 e. The van der Waals surface area contributed by atoms with Crippen LogP contribution in [0, 0.1) is 13.8 Å². The molecule has 3 rings (SSSR count). The van der Waals surface area contributed by atoms with Crippen LogP contribution in [0.25, 0.3) is 11.3 Å². The summed E-state index contributed by atoms with van der Waals surface area (Å²) >= 11 is 7.61. The Morgan fingerprint density at radius 3 is 2.77 bits per heavy atom. The minimum atomic E-state index is -0.000845. The number of pyridine rings is 1. The molecular weight excluding hydrogens is 316 g/mol. The van der Waals surface area contributed by atoms with E-state index in [1.807, 2.05) is 49.7 Å². The first-order valence-corrected chi connectivity index (χ1v) is 8.17. The van der Waals surface area contributed by atoms with Gasteiger partial charge in [0.2, 0.25) is 0 Å². The van der Waals surface area contributed by atoms with Crippen LogP contribution in [0.2, 0.25) is 5.02 Å². The molecule has 2 heterocycles. The maximum atomic E-state index is 11.9. The van der Waals surface area contributed by atoms with E-state index in [0.717, 1.165) is 32.4 Å². The van der Waals surface area contributed by atoms with E-state index < -0.39 is 0 Å². The Labute approximate surface area is 137 Å². The zero-order valence-electron chi connectivity index (χ0n) is 12.3. The molecule has 0 saturated heterocycles. The first-order chi connectivity index (χ1) is 10.5. The molecule has 0 aliphatic heterocycles. The van der Waals surface area contributed by atoms with Crippen molar-refractivity contribution in [1.29, 1.82) is 0 Å². The second-order valence-electron chi connectivity index (χ2n) is 5.26. The van der Waals surface area contributed by atoms with Crippen molar-refractivity contribution in [3.05, 3.63) is 73.4 Å². The second-order valence-corrected chi connectivity index (χ2v) is 6.61. The lowest BCUT2D eigenvalue weighted by Crippen LogP contribution is -2.19. The lowest BCUT2D eigenvalue weighted by Gasteiger charge is -2.03. The van der Waals surface area contributed by atoms with Gasteiger partial charge in [-0.2, -0.15) is 0 Å². The quantitative estimate of drug-likeness (QED) is 0.718. The van der Waals surface area contributed by atoms with E-state index in [2.05, 4.69) is 4.98 Å². The Morgan fingerprint density at radius 2 is 2.05 bits per heavy atom. The number of nitrogens with zero attached hydrogens (tertiary/aromatic N) is 2. The van der Waals surface area contributed by atoms with Crippen molar-refractivity contribution in [3.8, 4) is 11.3 Å². The predicted octanol–water partition coefficient (Wildman–Crippen LogP) is 4.29. The standard InChI is InChI=1S/C17H15ClN2OS/c1-11-5-6-20(17(21)7-11)9-16-19-15(10-22-16)13-3-4-14(18)12(2)8-13/h3-8,10H,9H2,1-2H3. The van der Waals surface area contributed by atoms with Crippen molar-refractivity contribution < 1.29 is 0 Å². The van der Waals surface area contributed by atoms with E-state index in [1.165, 1.54) is 0 Å². The topological polar surface area (TPSA) is 34.9 Å². The maximum Gasteiger partial charge on any atom is 0.251 e. The Hall–Kier alpha value is -1.91. The second kappa shape index (κ2) is 6.07. The van der Waals surface area contributed by atoms with E-state index >= 15 is 0 Å². The third-order valence-corrected chi connectivity index (χ3v) is 4.72. The maximum absolute atomic E-state index is 11.9. The van der Waals surface area contributed by atoms with Crippen molar-refractivity contribution in [2.75, 3.05) is 0 Å². The van der Waals surface area contributed by atoms with Crippen LogP contribution in [0.4, 0.5) is 0 Å². The number of benzene rings is 1. The molecule has 1 aromatic carbocycles. The Morgan fingerprint density at radius 1 is 1.23 bits per heavy atom. The van der Waals surface area contributed by atoms with Crippen molar-refractivity contribution in [2.45, 2.75) is 20.4 Å². The van der Waals surface area contributed by atoms with Crippen LogP contribution in [0.3, 0.4) is 0 Å². The van der Waals surface area contributed by atoms with Crippen molar-refractivity contribution in [2.24, 2.45) is 0 Å². The highest BCUT2D eigenvalue weighted by Gasteiger charge is 2.07. The van der Waals surface area contributed by atoms with Gasteiger partial charge in [0, 0.05) is 28.2 Å². The fraction of sp³-hybridized carbons (Fsp3) is 0.176. The summed E-state index contributed by atoms with van der Waals surface area (Å²) in [5, 5.41) is 3.68. The molecule has 0 fully saturated rings. The monoisotopic (exact) mass is 330 g/mol. The summed E-state index contributed by atoms with van der Waals surface area (Å²) in [6.07, 6.45) is 1.81. The molecule has 0 atom stereocenters. The summed E-state index contributed by atoms with van der Waals surface area (Å²) in [5.41, 5.74) is 3.96. The predicted molar refractivity (Wildman–Crippen MR) is 91.8 cm³/mol. The summed E-state index contributed by atoms with van der Waals surface area (Å²) in [7, 11) is 0. The van der Waals surface area contributed by atoms with E-state index in [-0.39, 0.29) is 5.56 Å². The molecular formula is C17H15ClN2OS. The van der Waals surface area contributed by atoms with Gasteiger partial charge in [-0.1, -0.05) is 17.7 Å². The van der Waals surface area contributed by atoms with E-state index in [9.17, 15) is 4.79 Å². The lowest BCUT2D eigenvalue weighted by atomic mass is 10.1.